The van der Waals surface area contributed by atoms with Crippen LogP contribution >= 0.6 is 47.8 Å². The van der Waals surface area contributed by atoms with Crippen LogP contribution in [0.2, 0.25) is 0 Å². The Bertz CT molecular complexity index is 662. The Morgan fingerprint density at radius 1 is 0.833 bits per heavy atom. The zero-order chi connectivity index (χ0) is 12.9. The summed E-state index contributed by atoms with van der Waals surface area (Å²) in [6.07, 6.45) is 0. The molecule has 0 bridgehead atoms. The van der Waals surface area contributed by atoms with Crippen molar-refractivity contribution in [2.24, 2.45) is 0 Å². The predicted octanol–water partition coefficient (Wildman–Crippen LogP) is 5.45. The summed E-state index contributed by atoms with van der Waals surface area (Å²) in [5, 5.41) is 0. The Labute approximate surface area is 130 Å². The Hall–Kier alpha value is -0.450. The lowest BCUT2D eigenvalue weighted by Gasteiger charge is -2.05. The van der Waals surface area contributed by atoms with Crippen molar-refractivity contribution in [2.45, 2.75) is 3.74 Å². The Balaban J connectivity index is 2.24. The van der Waals surface area contributed by atoms with E-state index in [1.807, 2.05) is 36.4 Å². The molecule has 4 heteroatoms. The van der Waals surface area contributed by atoms with E-state index in [0.29, 0.717) is 0 Å². The third-order valence-corrected chi connectivity index (χ3v) is 4.61. The first-order chi connectivity index (χ1) is 8.58. The number of hydrogen-bond donors (Lipinski definition) is 0. The number of rotatable bonds is 1. The summed E-state index contributed by atoms with van der Waals surface area (Å²) in [4.78, 5) is 12.3. The molecule has 0 heterocycles. The monoisotopic (exact) mass is 428 g/mol. The van der Waals surface area contributed by atoms with E-state index in [4.69, 9.17) is 0 Å². The molecule has 0 radical (unpaired) electrons. The van der Waals surface area contributed by atoms with Crippen molar-refractivity contribution in [2.75, 3.05) is 0 Å². The van der Waals surface area contributed by atoms with Crippen LogP contribution in [0.5, 0.6) is 0 Å². The molecule has 0 amide bonds. The normalized spacial score (nSPS) is 12.8. The molecule has 0 spiro atoms. The van der Waals surface area contributed by atoms with Gasteiger partial charge in [0.2, 0.25) is 0 Å². The smallest absolute Gasteiger partial charge is 0.194 e. The van der Waals surface area contributed by atoms with Crippen LogP contribution in [0.4, 0.5) is 0 Å². The predicted molar refractivity (Wildman–Crippen MR) is 83.6 cm³/mol. The van der Waals surface area contributed by atoms with E-state index >= 15 is 0 Å². The van der Waals surface area contributed by atoms with Gasteiger partial charge in [0.05, 0.1) is 3.74 Å². The zero-order valence-electron chi connectivity index (χ0n) is 9.08. The van der Waals surface area contributed by atoms with Gasteiger partial charge in [-0.05, 0) is 41.0 Å². The van der Waals surface area contributed by atoms with E-state index in [0.717, 1.165) is 32.3 Å². The molecule has 3 rings (SSSR count). The molecule has 1 aliphatic carbocycles. The molecule has 1 aliphatic rings. The van der Waals surface area contributed by atoms with Gasteiger partial charge in [0, 0.05) is 15.6 Å². The fraction of sp³-hybridized carbons (Fsp3) is 0.0714. The number of ketones is 1. The van der Waals surface area contributed by atoms with Gasteiger partial charge in [0.1, 0.15) is 0 Å². The number of hydrogen-bond acceptors (Lipinski definition) is 1. The van der Waals surface area contributed by atoms with E-state index in [2.05, 4.69) is 47.8 Å². The van der Waals surface area contributed by atoms with E-state index in [1.165, 1.54) is 0 Å². The number of halogens is 3. The van der Waals surface area contributed by atoms with Crippen LogP contribution in [0.25, 0.3) is 11.1 Å². The summed E-state index contributed by atoms with van der Waals surface area (Å²) in [6.45, 7) is 0. The van der Waals surface area contributed by atoms with E-state index in [-0.39, 0.29) is 9.52 Å². The Morgan fingerprint density at radius 3 is 2.28 bits per heavy atom. The second kappa shape index (κ2) is 4.58. The highest BCUT2D eigenvalue weighted by atomic mass is 79.9. The van der Waals surface area contributed by atoms with Crippen molar-refractivity contribution >= 4 is 53.6 Å². The molecule has 1 nitrogen and oxygen atoms in total. The summed E-state index contributed by atoms with van der Waals surface area (Å²) < 4.78 is 1.06. The molecule has 0 saturated heterocycles. The van der Waals surface area contributed by atoms with Crippen molar-refractivity contribution in [3.8, 4) is 11.1 Å². The number of carbonyl (C=O) groups excluding carboxylic acids is 1. The quantitative estimate of drug-likeness (QED) is 0.469. The first-order valence-corrected chi connectivity index (χ1v) is 7.97. The minimum Gasteiger partial charge on any atom is -0.289 e. The maximum Gasteiger partial charge on any atom is 0.194 e. The van der Waals surface area contributed by atoms with Crippen LogP contribution in [0.15, 0.2) is 40.9 Å². The maximum atomic E-state index is 12.3. The highest BCUT2D eigenvalue weighted by Crippen LogP contribution is 2.40. The zero-order valence-corrected chi connectivity index (χ0v) is 13.8. The van der Waals surface area contributed by atoms with Crippen molar-refractivity contribution in [1.82, 2.24) is 0 Å². The molecular formula is C14H7Br3O. The van der Waals surface area contributed by atoms with Crippen LogP contribution < -0.4 is 0 Å². The number of fused-ring (bicyclic) bond motifs is 3. The van der Waals surface area contributed by atoms with Gasteiger partial charge >= 0.3 is 0 Å². The Morgan fingerprint density at radius 2 is 1.56 bits per heavy atom. The summed E-state index contributed by atoms with van der Waals surface area (Å²) in [5.74, 6) is 0.106. The molecule has 0 unspecified atom stereocenters. The first kappa shape index (κ1) is 12.6. The lowest BCUT2D eigenvalue weighted by molar-refractivity contribution is 0.104. The molecule has 0 aliphatic heterocycles. The van der Waals surface area contributed by atoms with Crippen LogP contribution in [0.1, 0.15) is 25.2 Å². The standard InChI is InChI=1S/C14H7Br3O/c15-8-2-4-10-11(6-8)9-3-1-7(14(16)17)5-12(9)13(10)18/h1-6,14H. The molecule has 0 N–H and O–H groups in total. The van der Waals surface area contributed by atoms with E-state index in [9.17, 15) is 4.79 Å². The second-order valence-electron chi connectivity index (χ2n) is 4.12. The fourth-order valence-electron chi connectivity index (χ4n) is 2.20. The second-order valence-corrected chi connectivity index (χ2v) is 8.10. The fourth-order valence-corrected chi connectivity index (χ4v) is 3.13. The van der Waals surface area contributed by atoms with Crippen LogP contribution in [-0.2, 0) is 0 Å². The molecule has 0 aromatic heterocycles. The van der Waals surface area contributed by atoms with Gasteiger partial charge in [-0.1, -0.05) is 59.9 Å². The molecule has 0 fully saturated rings. The van der Waals surface area contributed by atoms with Gasteiger partial charge < -0.3 is 0 Å². The summed E-state index contributed by atoms with van der Waals surface area (Å²) in [7, 11) is 0. The van der Waals surface area contributed by atoms with Crippen molar-refractivity contribution in [1.29, 1.82) is 0 Å². The molecule has 0 saturated carbocycles. The molecular weight excluding hydrogens is 424 g/mol. The lowest BCUT2D eigenvalue weighted by Crippen LogP contribution is -1.95. The maximum absolute atomic E-state index is 12.3. The summed E-state index contributed by atoms with van der Waals surface area (Å²) >= 11 is 10.4. The average Bonchev–Trinajstić information content (AvgIpc) is 2.62. The number of alkyl halides is 2. The van der Waals surface area contributed by atoms with E-state index < -0.39 is 0 Å². The lowest BCUT2D eigenvalue weighted by atomic mass is 10.0. The third-order valence-electron chi connectivity index (χ3n) is 3.06. The minimum absolute atomic E-state index is 0.0681. The van der Waals surface area contributed by atoms with Crippen molar-refractivity contribution in [3.05, 3.63) is 57.6 Å². The van der Waals surface area contributed by atoms with Crippen LogP contribution in [0.3, 0.4) is 0 Å². The van der Waals surface area contributed by atoms with Gasteiger partial charge in [0.15, 0.2) is 5.78 Å². The van der Waals surface area contributed by atoms with Gasteiger partial charge in [-0.15, -0.1) is 0 Å². The van der Waals surface area contributed by atoms with Crippen molar-refractivity contribution in [3.63, 3.8) is 0 Å². The Kier molecular flexibility index (Phi) is 3.20. The van der Waals surface area contributed by atoms with Gasteiger partial charge in [0.25, 0.3) is 0 Å². The number of benzene rings is 2. The molecule has 2 aromatic rings. The molecule has 2 aromatic carbocycles. The minimum atomic E-state index is 0.0681. The SMILES string of the molecule is O=C1c2cc(C(Br)Br)ccc2-c2cc(Br)ccc21. The molecule has 90 valence electrons. The third kappa shape index (κ3) is 1.91. The van der Waals surface area contributed by atoms with Crippen molar-refractivity contribution < 1.29 is 4.79 Å². The summed E-state index contributed by atoms with van der Waals surface area (Å²) in [5.41, 5.74) is 4.64. The summed E-state index contributed by atoms with van der Waals surface area (Å²) in [6, 6.07) is 11.8. The topological polar surface area (TPSA) is 17.1 Å². The van der Waals surface area contributed by atoms with Crippen LogP contribution in [0, 0.1) is 0 Å². The van der Waals surface area contributed by atoms with Gasteiger partial charge in [-0.25, -0.2) is 0 Å². The largest absolute Gasteiger partial charge is 0.289 e. The van der Waals surface area contributed by atoms with E-state index in [1.54, 1.807) is 0 Å². The van der Waals surface area contributed by atoms with Gasteiger partial charge in [-0.3, -0.25) is 4.79 Å². The molecule has 0 atom stereocenters. The highest BCUT2D eigenvalue weighted by molar-refractivity contribution is 9.24. The van der Waals surface area contributed by atoms with Gasteiger partial charge in [-0.2, -0.15) is 0 Å². The molecule has 18 heavy (non-hydrogen) atoms. The number of carbonyl (C=O) groups is 1. The highest BCUT2D eigenvalue weighted by Gasteiger charge is 2.27. The first-order valence-electron chi connectivity index (χ1n) is 5.34. The average molecular weight is 431 g/mol. The van der Waals surface area contributed by atoms with Crippen LogP contribution in [-0.4, -0.2) is 5.78 Å².